The fraction of sp³-hybridized carbons (Fsp3) is 0.0556. The molecule has 8 aromatic rings. The first kappa shape index (κ1) is 38.8. The summed E-state index contributed by atoms with van der Waals surface area (Å²) in [5.74, 6) is 1.40. The minimum absolute atomic E-state index is 0.419. The fourth-order valence-electron chi connectivity index (χ4n) is 8.31. The van der Waals surface area contributed by atoms with Crippen molar-refractivity contribution in [2.45, 2.75) is 19.0 Å². The number of fused-ring (bicyclic) bond motifs is 3. The van der Waals surface area contributed by atoms with Gasteiger partial charge in [-0.1, -0.05) is 127 Å². The minimum Gasteiger partial charge on any atom is -0.309 e. The molecule has 0 N–H and O–H groups in total. The molecule has 0 saturated carbocycles. The van der Waals surface area contributed by atoms with Gasteiger partial charge in [-0.25, -0.2) is 15.0 Å². The van der Waals surface area contributed by atoms with Crippen molar-refractivity contribution >= 4 is 33.0 Å². The van der Waals surface area contributed by atoms with Crippen molar-refractivity contribution < 1.29 is 13.2 Å². The highest BCUT2D eigenvalue weighted by atomic mass is 19.4. The van der Waals surface area contributed by atoms with Crippen molar-refractivity contribution in [3.05, 3.63) is 203 Å². The average Bonchev–Trinajstić information content (AvgIpc) is 3.66. The second-order valence-corrected chi connectivity index (χ2v) is 15.4. The quantitative estimate of drug-likeness (QED) is 0.172. The van der Waals surface area contributed by atoms with Gasteiger partial charge in [-0.05, 0) is 82.1 Å². The van der Waals surface area contributed by atoms with Crippen molar-refractivity contribution in [1.82, 2.24) is 19.5 Å². The van der Waals surface area contributed by atoms with E-state index in [0.717, 1.165) is 66.6 Å². The highest BCUT2D eigenvalue weighted by Crippen LogP contribution is 2.39. The van der Waals surface area contributed by atoms with Crippen LogP contribution in [0.25, 0.3) is 83.9 Å². The van der Waals surface area contributed by atoms with Crippen LogP contribution in [0.1, 0.15) is 18.4 Å². The van der Waals surface area contributed by atoms with Gasteiger partial charge in [0.05, 0.1) is 40.0 Å². The molecule has 2 heterocycles. The van der Waals surface area contributed by atoms with Gasteiger partial charge in [-0.15, -0.1) is 0 Å². The van der Waals surface area contributed by atoms with Gasteiger partial charge >= 0.3 is 6.18 Å². The standard InChI is InChI=1S/C54H33F3N6/c55-54(56,57)44-22-17-36(18-23-44)45-24-21-43(53-61-51(37-11-3-1-4-12-37)60-52(62-53)38-13-5-2-6-14-38)31-48(45)63-49-29-41(39-15-7-9-34(27-39)32-58)19-25-46(49)47-26-20-42(30-50(47)63)40-16-8-10-35(28-40)33-59/h1-15,17-26,28-31H,16,27H2. The zero-order chi connectivity index (χ0) is 43.1. The summed E-state index contributed by atoms with van der Waals surface area (Å²) in [7, 11) is 0. The molecule has 0 aliphatic heterocycles. The lowest BCUT2D eigenvalue weighted by Crippen LogP contribution is -2.09. The summed E-state index contributed by atoms with van der Waals surface area (Å²) in [4.78, 5) is 14.9. The lowest BCUT2D eigenvalue weighted by Gasteiger charge is -2.17. The number of benzene rings is 6. The fourth-order valence-corrected chi connectivity index (χ4v) is 8.31. The topological polar surface area (TPSA) is 91.2 Å². The van der Waals surface area contributed by atoms with Crippen LogP contribution in [0.3, 0.4) is 0 Å². The number of hydrogen-bond donors (Lipinski definition) is 0. The molecule has 2 aromatic heterocycles. The molecule has 0 amide bonds. The Bertz CT molecular complexity index is 3430. The van der Waals surface area contributed by atoms with E-state index in [9.17, 15) is 23.7 Å². The minimum atomic E-state index is -4.51. The van der Waals surface area contributed by atoms with Gasteiger partial charge < -0.3 is 4.57 Å². The lowest BCUT2D eigenvalue weighted by atomic mass is 9.98. The number of nitrogens with zero attached hydrogens (tertiary/aromatic N) is 6. The highest BCUT2D eigenvalue weighted by Gasteiger charge is 2.30. The van der Waals surface area contributed by atoms with Crippen LogP contribution in [-0.2, 0) is 6.18 Å². The van der Waals surface area contributed by atoms with Crippen LogP contribution < -0.4 is 10.4 Å². The van der Waals surface area contributed by atoms with Gasteiger partial charge in [0.25, 0.3) is 0 Å². The second kappa shape index (κ2) is 15.9. The molecule has 9 heteroatoms. The molecule has 63 heavy (non-hydrogen) atoms. The summed E-state index contributed by atoms with van der Waals surface area (Å²) in [6.45, 7) is 0. The van der Waals surface area contributed by atoms with Gasteiger partial charge in [-0.3, -0.25) is 0 Å². The molecular formula is C54H33F3N6. The molecule has 0 unspecified atom stereocenters. The predicted molar refractivity (Wildman–Crippen MR) is 242 cm³/mol. The summed E-state index contributed by atoms with van der Waals surface area (Å²) in [6, 6.07) is 47.5. The van der Waals surface area contributed by atoms with E-state index in [4.69, 9.17) is 15.0 Å². The van der Waals surface area contributed by atoms with E-state index in [-0.39, 0.29) is 0 Å². The Kier molecular flexibility index (Phi) is 9.78. The first-order valence-corrected chi connectivity index (χ1v) is 20.3. The van der Waals surface area contributed by atoms with E-state index in [1.165, 1.54) is 12.1 Å². The van der Waals surface area contributed by atoms with Crippen LogP contribution in [0.2, 0.25) is 0 Å². The Morgan fingerprint density at radius 2 is 1.16 bits per heavy atom. The molecule has 0 atom stereocenters. The van der Waals surface area contributed by atoms with Crippen LogP contribution in [-0.4, -0.2) is 19.5 Å². The van der Waals surface area contributed by atoms with Crippen molar-refractivity contribution in [2.75, 3.05) is 0 Å². The first-order valence-electron chi connectivity index (χ1n) is 20.3. The Balaban J connectivity index is 1.30. The zero-order valence-electron chi connectivity index (χ0n) is 33.5. The molecule has 10 rings (SSSR count). The summed E-state index contributed by atoms with van der Waals surface area (Å²) in [6.07, 6.45) is 8.03. The maximum Gasteiger partial charge on any atom is 0.416 e. The van der Waals surface area contributed by atoms with Crippen LogP contribution in [0.5, 0.6) is 0 Å². The molecular weight excluding hydrogens is 790 g/mol. The lowest BCUT2D eigenvalue weighted by molar-refractivity contribution is -0.137. The van der Waals surface area contributed by atoms with Crippen LogP contribution in [0, 0.1) is 22.7 Å². The number of alkyl halides is 3. The van der Waals surface area contributed by atoms with Gasteiger partial charge in [0.2, 0.25) is 0 Å². The van der Waals surface area contributed by atoms with Gasteiger partial charge in [-0.2, -0.15) is 23.7 Å². The van der Waals surface area contributed by atoms with E-state index in [0.29, 0.717) is 63.8 Å². The Morgan fingerprint density at radius 1 is 0.571 bits per heavy atom. The van der Waals surface area contributed by atoms with Crippen LogP contribution >= 0.6 is 0 Å². The highest BCUT2D eigenvalue weighted by molar-refractivity contribution is 6.10. The molecule has 2 aliphatic carbocycles. The smallest absolute Gasteiger partial charge is 0.309 e. The third-order valence-corrected chi connectivity index (χ3v) is 11.4. The first-order chi connectivity index (χ1) is 30.7. The molecule has 0 bridgehead atoms. The molecule has 0 saturated heterocycles. The number of nitriles is 2. The number of allylic oxidation sites excluding steroid dienone is 8. The van der Waals surface area contributed by atoms with Crippen molar-refractivity contribution in [2.24, 2.45) is 0 Å². The summed E-state index contributed by atoms with van der Waals surface area (Å²) in [5, 5.41) is 23.3. The Hall–Kier alpha value is -8.40. The van der Waals surface area contributed by atoms with E-state index in [2.05, 4.69) is 53.1 Å². The average molecular weight is 823 g/mol. The Morgan fingerprint density at radius 3 is 1.75 bits per heavy atom. The molecule has 6 nitrogen and oxygen atoms in total. The second-order valence-electron chi connectivity index (χ2n) is 15.4. The van der Waals surface area contributed by atoms with E-state index < -0.39 is 11.7 Å². The van der Waals surface area contributed by atoms with E-state index in [1.54, 1.807) is 0 Å². The van der Waals surface area contributed by atoms with Crippen LogP contribution in [0.15, 0.2) is 187 Å². The molecule has 0 spiro atoms. The number of hydrogen-bond acceptors (Lipinski definition) is 5. The maximum atomic E-state index is 13.9. The monoisotopic (exact) mass is 822 g/mol. The molecule has 2 aliphatic rings. The van der Waals surface area contributed by atoms with Crippen LogP contribution in [0.4, 0.5) is 13.2 Å². The summed E-state index contributed by atoms with van der Waals surface area (Å²) >= 11 is 0. The predicted octanol–water partition coefficient (Wildman–Crippen LogP) is 11.8. The van der Waals surface area contributed by atoms with Gasteiger partial charge in [0.1, 0.15) is 0 Å². The normalized spacial score (nSPS) is 15.5. The number of halogens is 3. The molecule has 300 valence electrons. The molecule has 0 fully saturated rings. The number of rotatable bonds is 5. The van der Waals surface area contributed by atoms with E-state index >= 15 is 0 Å². The number of aromatic nitrogens is 4. The third kappa shape index (κ3) is 7.43. The zero-order valence-corrected chi connectivity index (χ0v) is 33.5. The summed E-state index contributed by atoms with van der Waals surface area (Å²) in [5.41, 5.74) is 8.39. The van der Waals surface area contributed by atoms with Crippen molar-refractivity contribution in [3.63, 3.8) is 0 Å². The Labute approximate surface area is 360 Å². The van der Waals surface area contributed by atoms with E-state index in [1.807, 2.05) is 115 Å². The summed E-state index contributed by atoms with van der Waals surface area (Å²) < 4.78 is 43.9. The maximum absolute atomic E-state index is 13.9. The van der Waals surface area contributed by atoms with Gasteiger partial charge in [0, 0.05) is 45.0 Å². The molecule has 6 aromatic carbocycles. The van der Waals surface area contributed by atoms with Crippen molar-refractivity contribution in [1.29, 1.82) is 10.5 Å². The van der Waals surface area contributed by atoms with Gasteiger partial charge in [0.15, 0.2) is 17.5 Å². The third-order valence-electron chi connectivity index (χ3n) is 11.4. The SMILES string of the molecule is N#CC1=CC(=c2ccc3c4ccc(=C5C=CC=C(C#N)C5)cc4n(-c4cc(-c5nc(-c6ccccc6)nc(-c6ccccc6)n5)ccc4-c4ccc(C(F)(F)F)cc4)c3c2)CC=C1. The van der Waals surface area contributed by atoms with Crippen molar-refractivity contribution in [3.8, 4) is 63.1 Å². The largest absolute Gasteiger partial charge is 0.416 e. The molecule has 0 radical (unpaired) electrons.